The van der Waals surface area contributed by atoms with Gasteiger partial charge in [-0.25, -0.2) is 4.98 Å². The second kappa shape index (κ2) is 3.43. The van der Waals surface area contributed by atoms with Crippen LogP contribution in [0.3, 0.4) is 0 Å². The van der Waals surface area contributed by atoms with Gasteiger partial charge in [-0.2, -0.15) is 4.98 Å². The number of hydrogen-bond donors (Lipinski definition) is 0. The van der Waals surface area contributed by atoms with Crippen molar-refractivity contribution in [2.45, 2.75) is 0 Å². The van der Waals surface area contributed by atoms with Gasteiger partial charge in [0.1, 0.15) is 4.60 Å². The Morgan fingerprint density at radius 2 is 2.23 bits per heavy atom. The Morgan fingerprint density at radius 3 is 2.77 bits per heavy atom. The lowest BCUT2D eigenvalue weighted by Gasteiger charge is -1.92. The van der Waals surface area contributed by atoms with E-state index in [0.717, 1.165) is 10.2 Å². The van der Waals surface area contributed by atoms with Crippen molar-refractivity contribution in [2.75, 3.05) is 0 Å². The molecular weight excluding hydrogens is 257 g/mol. The quantitative estimate of drug-likeness (QED) is 0.739. The van der Waals surface area contributed by atoms with Crippen molar-refractivity contribution in [1.29, 1.82) is 0 Å². The number of pyridine rings is 1. The fourth-order valence-corrected chi connectivity index (χ4v) is 1.18. The third kappa shape index (κ3) is 1.87. The van der Waals surface area contributed by atoms with Gasteiger partial charge in [0.2, 0.25) is 5.82 Å². The van der Waals surface area contributed by atoms with Crippen LogP contribution in [0, 0.1) is 0 Å². The van der Waals surface area contributed by atoms with E-state index in [2.05, 4.69) is 35.6 Å². The molecule has 0 aliphatic heterocycles. The van der Waals surface area contributed by atoms with Gasteiger partial charge in [0.15, 0.2) is 0 Å². The van der Waals surface area contributed by atoms with Crippen LogP contribution < -0.4 is 0 Å². The summed E-state index contributed by atoms with van der Waals surface area (Å²) in [6.45, 7) is 0. The number of hydrogen-bond acceptors (Lipinski definition) is 4. The van der Waals surface area contributed by atoms with Crippen LogP contribution in [0.15, 0.2) is 27.5 Å². The van der Waals surface area contributed by atoms with Gasteiger partial charge in [0, 0.05) is 11.8 Å². The minimum atomic E-state index is 0.0259. The molecule has 2 rings (SSSR count). The smallest absolute Gasteiger partial charge is 0.320 e. The summed E-state index contributed by atoms with van der Waals surface area (Å²) < 4.78 is 5.37. The third-order valence-corrected chi connectivity index (χ3v) is 2.01. The molecule has 0 aromatic carbocycles. The highest BCUT2D eigenvalue weighted by Crippen LogP contribution is 2.17. The molecule has 0 N–H and O–H groups in total. The predicted octanol–water partition coefficient (Wildman–Crippen LogP) is 2.55. The van der Waals surface area contributed by atoms with Gasteiger partial charge in [-0.1, -0.05) is 5.16 Å². The van der Waals surface area contributed by atoms with E-state index in [4.69, 9.17) is 11.6 Å². The monoisotopic (exact) mass is 259 g/mol. The molecule has 0 spiro atoms. The minimum absolute atomic E-state index is 0.0259. The molecule has 0 aliphatic rings. The van der Waals surface area contributed by atoms with Crippen LogP contribution in [-0.4, -0.2) is 15.1 Å². The highest BCUT2D eigenvalue weighted by molar-refractivity contribution is 9.10. The Morgan fingerprint density at radius 1 is 1.38 bits per heavy atom. The van der Waals surface area contributed by atoms with E-state index in [-0.39, 0.29) is 5.35 Å². The molecule has 66 valence electrons. The first kappa shape index (κ1) is 8.65. The van der Waals surface area contributed by atoms with Crippen molar-refractivity contribution in [2.24, 2.45) is 0 Å². The van der Waals surface area contributed by atoms with Gasteiger partial charge in [-0.05, 0) is 39.7 Å². The largest absolute Gasteiger partial charge is 0.321 e. The Kier molecular flexibility index (Phi) is 2.28. The van der Waals surface area contributed by atoms with Crippen LogP contribution in [0.2, 0.25) is 5.35 Å². The normalized spacial score (nSPS) is 10.3. The molecule has 4 nitrogen and oxygen atoms in total. The molecule has 0 radical (unpaired) electrons. The molecule has 2 aromatic heterocycles. The SMILES string of the molecule is Clc1nc(-c2ccc(Br)nc2)no1. The lowest BCUT2D eigenvalue weighted by molar-refractivity contribution is 0.421. The third-order valence-electron chi connectivity index (χ3n) is 1.39. The molecular formula is C7H3BrClN3O. The maximum atomic E-state index is 5.47. The van der Waals surface area contributed by atoms with Gasteiger partial charge in [0.05, 0.1) is 0 Å². The number of nitrogens with zero attached hydrogens (tertiary/aromatic N) is 3. The highest BCUT2D eigenvalue weighted by Gasteiger charge is 2.05. The highest BCUT2D eigenvalue weighted by atomic mass is 79.9. The summed E-state index contributed by atoms with van der Waals surface area (Å²) in [5.74, 6) is 0.435. The average molecular weight is 260 g/mol. The summed E-state index contributed by atoms with van der Waals surface area (Å²) in [6.07, 6.45) is 1.63. The molecule has 2 heterocycles. The zero-order valence-corrected chi connectivity index (χ0v) is 8.58. The zero-order valence-electron chi connectivity index (χ0n) is 6.24. The lowest BCUT2D eigenvalue weighted by atomic mass is 10.3. The molecule has 6 heteroatoms. The summed E-state index contributed by atoms with van der Waals surface area (Å²) in [5.41, 5.74) is 0.763. The fraction of sp³-hybridized carbons (Fsp3) is 0. The number of aromatic nitrogens is 3. The Balaban J connectivity index is 2.41. The van der Waals surface area contributed by atoms with Crippen molar-refractivity contribution in [3.8, 4) is 11.4 Å². The fourth-order valence-electron chi connectivity index (χ4n) is 0.830. The summed E-state index contributed by atoms with van der Waals surface area (Å²) in [5, 5.41) is 3.67. The van der Waals surface area contributed by atoms with Crippen molar-refractivity contribution >= 4 is 27.5 Å². The standard InChI is InChI=1S/C7H3BrClN3O/c8-5-2-1-4(3-10-5)6-11-7(9)13-12-6/h1-3H. The van der Waals surface area contributed by atoms with Gasteiger partial charge in [-0.3, -0.25) is 0 Å². The summed E-state index contributed by atoms with van der Waals surface area (Å²) in [6, 6.07) is 3.61. The first-order chi connectivity index (χ1) is 6.25. The first-order valence-electron chi connectivity index (χ1n) is 3.37. The van der Waals surface area contributed by atoms with E-state index < -0.39 is 0 Å². The van der Waals surface area contributed by atoms with E-state index in [9.17, 15) is 0 Å². The zero-order chi connectivity index (χ0) is 9.26. The summed E-state index contributed by atoms with van der Waals surface area (Å²) in [7, 11) is 0. The summed E-state index contributed by atoms with van der Waals surface area (Å²) in [4.78, 5) is 7.86. The van der Waals surface area contributed by atoms with E-state index in [1.54, 1.807) is 12.3 Å². The van der Waals surface area contributed by atoms with E-state index in [1.807, 2.05) is 6.07 Å². The number of halogens is 2. The molecule has 0 aliphatic carbocycles. The molecule has 0 unspecified atom stereocenters. The molecule has 0 fully saturated rings. The van der Waals surface area contributed by atoms with Crippen LogP contribution in [-0.2, 0) is 0 Å². The van der Waals surface area contributed by atoms with Gasteiger partial charge >= 0.3 is 5.35 Å². The van der Waals surface area contributed by atoms with Crippen molar-refractivity contribution in [1.82, 2.24) is 15.1 Å². The lowest BCUT2D eigenvalue weighted by Crippen LogP contribution is -1.82. The van der Waals surface area contributed by atoms with Crippen LogP contribution in [0.1, 0.15) is 0 Å². The second-order valence-corrected chi connectivity index (χ2v) is 3.38. The van der Waals surface area contributed by atoms with E-state index in [1.165, 1.54) is 0 Å². The van der Waals surface area contributed by atoms with Gasteiger partial charge in [-0.15, -0.1) is 0 Å². The Labute approximate surface area is 87.1 Å². The molecule has 0 saturated carbocycles. The van der Waals surface area contributed by atoms with Crippen molar-refractivity contribution in [3.63, 3.8) is 0 Å². The van der Waals surface area contributed by atoms with Crippen LogP contribution in [0.4, 0.5) is 0 Å². The van der Waals surface area contributed by atoms with Gasteiger partial charge in [0.25, 0.3) is 0 Å². The van der Waals surface area contributed by atoms with Crippen molar-refractivity contribution in [3.05, 3.63) is 28.3 Å². The van der Waals surface area contributed by atoms with Crippen LogP contribution in [0.5, 0.6) is 0 Å². The summed E-state index contributed by atoms with van der Waals surface area (Å²) >= 11 is 8.69. The molecule has 0 bridgehead atoms. The maximum Gasteiger partial charge on any atom is 0.320 e. The topological polar surface area (TPSA) is 51.8 Å². The maximum absolute atomic E-state index is 5.47. The minimum Gasteiger partial charge on any atom is -0.321 e. The van der Waals surface area contributed by atoms with Crippen molar-refractivity contribution < 1.29 is 4.52 Å². The van der Waals surface area contributed by atoms with Crippen LogP contribution >= 0.6 is 27.5 Å². The number of rotatable bonds is 1. The Bertz CT molecular complexity index is 414. The molecule has 0 atom stereocenters. The van der Waals surface area contributed by atoms with Gasteiger partial charge < -0.3 is 4.52 Å². The Hall–Kier alpha value is -0.940. The van der Waals surface area contributed by atoms with E-state index >= 15 is 0 Å². The average Bonchev–Trinajstić information content (AvgIpc) is 2.53. The predicted molar refractivity (Wildman–Crippen MR) is 50.2 cm³/mol. The van der Waals surface area contributed by atoms with E-state index in [0.29, 0.717) is 5.82 Å². The molecule has 13 heavy (non-hydrogen) atoms. The second-order valence-electron chi connectivity index (χ2n) is 2.24. The molecule has 0 amide bonds. The molecule has 2 aromatic rings. The molecule has 0 saturated heterocycles. The first-order valence-corrected chi connectivity index (χ1v) is 4.54. The van der Waals surface area contributed by atoms with Crippen LogP contribution in [0.25, 0.3) is 11.4 Å².